The van der Waals surface area contributed by atoms with Crippen molar-refractivity contribution in [2.24, 2.45) is 10.2 Å². The van der Waals surface area contributed by atoms with Crippen LogP contribution in [0.15, 0.2) is 56.4 Å². The summed E-state index contributed by atoms with van der Waals surface area (Å²) >= 11 is 3.12. The number of hydrogen-bond acceptors (Lipinski definition) is 10. The molecule has 3 aromatic rings. The van der Waals surface area contributed by atoms with Gasteiger partial charge < -0.3 is 9.84 Å². The van der Waals surface area contributed by atoms with E-state index in [1.54, 1.807) is 19.1 Å². The van der Waals surface area contributed by atoms with Crippen molar-refractivity contribution < 1.29 is 35.4 Å². The van der Waals surface area contributed by atoms with Gasteiger partial charge in [0.25, 0.3) is 30.3 Å². The van der Waals surface area contributed by atoms with Gasteiger partial charge in [0.2, 0.25) is 0 Å². The second-order valence-electron chi connectivity index (χ2n) is 8.20. The molecule has 0 saturated carbocycles. The molecule has 1 atom stereocenters. The van der Waals surface area contributed by atoms with Crippen LogP contribution in [0.5, 0.6) is 5.75 Å². The number of morpholine rings is 1. The van der Waals surface area contributed by atoms with E-state index in [1.165, 1.54) is 23.2 Å². The number of phenolic OH excluding ortho intramolecular Hbond substituents is 1. The van der Waals surface area contributed by atoms with E-state index >= 15 is 0 Å². The van der Waals surface area contributed by atoms with Crippen molar-refractivity contribution in [1.82, 2.24) is 9.84 Å². The molecule has 4 rings (SSSR count). The van der Waals surface area contributed by atoms with Crippen LogP contribution < -0.4 is 9.55 Å². The van der Waals surface area contributed by atoms with Gasteiger partial charge in [0.05, 0.1) is 23.9 Å². The Morgan fingerprint density at radius 2 is 1.79 bits per heavy atom. The molecule has 13 nitrogen and oxygen atoms in total. The summed E-state index contributed by atoms with van der Waals surface area (Å²) in [5.41, 5.74) is -0.233. The van der Waals surface area contributed by atoms with Crippen LogP contribution >= 0.6 is 22.3 Å². The van der Waals surface area contributed by atoms with Crippen molar-refractivity contribution in [3.8, 4) is 5.75 Å². The van der Waals surface area contributed by atoms with Gasteiger partial charge in [0.15, 0.2) is 4.90 Å². The first kappa shape index (κ1) is 29.6. The first-order chi connectivity index (χ1) is 18.3. The zero-order valence-corrected chi connectivity index (χ0v) is 23.9. The highest BCUT2D eigenvalue weighted by Crippen LogP contribution is 2.48. The zero-order chi connectivity index (χ0) is 28.5. The zero-order valence-electron chi connectivity index (χ0n) is 20.0. The number of hydrogen-bond donors (Lipinski definition) is 4. The third-order valence-corrected chi connectivity index (χ3v) is 9.22. The lowest BCUT2D eigenvalue weighted by atomic mass is 10.0. The Labute approximate surface area is 235 Å². The van der Waals surface area contributed by atoms with Crippen molar-refractivity contribution in [3.05, 3.63) is 47.0 Å². The van der Waals surface area contributed by atoms with E-state index in [4.69, 9.17) is 27.0 Å². The number of aromatic hydroxyl groups is 1. The first-order valence-corrected chi connectivity index (χ1v) is 16.2. The Hall–Kier alpha value is -2.41. The smallest absolute Gasteiger partial charge is 0.262 e. The predicted octanol–water partition coefficient (Wildman–Crippen LogP) is 3.92. The summed E-state index contributed by atoms with van der Waals surface area (Å²) in [6.45, 7) is 2.61. The van der Waals surface area contributed by atoms with Gasteiger partial charge in [-0.25, -0.2) is 26.1 Å². The minimum Gasteiger partial charge on any atom is -0.506 e. The molecular formula is C21H21Cl2N5O8S3. The van der Waals surface area contributed by atoms with Crippen molar-refractivity contribution >= 4 is 80.5 Å². The summed E-state index contributed by atoms with van der Waals surface area (Å²) in [6, 6.07) is 8.31. The van der Waals surface area contributed by atoms with Crippen molar-refractivity contribution in [3.63, 3.8) is 0 Å². The average Bonchev–Trinajstić information content (AvgIpc) is 2.84. The van der Waals surface area contributed by atoms with Gasteiger partial charge in [-0.15, -0.1) is 9.95 Å². The predicted molar refractivity (Wildman–Crippen MR) is 146 cm³/mol. The highest BCUT2D eigenvalue weighted by Gasteiger charge is 2.32. The Balaban J connectivity index is 1.98. The van der Waals surface area contributed by atoms with Gasteiger partial charge in [-0.2, -0.15) is 5.11 Å². The molecule has 18 heteroatoms. The van der Waals surface area contributed by atoms with Crippen LogP contribution in [0.1, 0.15) is 5.56 Å². The van der Waals surface area contributed by atoms with Crippen LogP contribution in [-0.2, 0) is 35.1 Å². The molecule has 1 unspecified atom stereocenters. The fourth-order valence-electron chi connectivity index (χ4n) is 3.92. The van der Waals surface area contributed by atoms with Crippen LogP contribution in [0.3, 0.4) is 0 Å². The maximum absolute atomic E-state index is 13.5. The molecule has 1 aliphatic heterocycles. The molecule has 0 spiro atoms. The van der Waals surface area contributed by atoms with E-state index in [-0.39, 0.29) is 53.5 Å². The third-order valence-electron chi connectivity index (χ3n) is 5.61. The number of fused-ring (bicyclic) bond motifs is 1. The molecule has 1 heterocycles. The number of sulfonamides is 1. The van der Waals surface area contributed by atoms with Crippen LogP contribution in [0, 0.1) is 6.92 Å². The summed E-state index contributed by atoms with van der Waals surface area (Å²) in [5.74, 6) is -0.691. The van der Waals surface area contributed by atoms with Gasteiger partial charge in [-0.3, -0.25) is 9.27 Å². The summed E-state index contributed by atoms with van der Waals surface area (Å²) < 4.78 is 79.7. The Morgan fingerprint density at radius 1 is 1.10 bits per heavy atom. The second-order valence-corrected chi connectivity index (χ2v) is 13.4. The molecule has 1 saturated heterocycles. The molecule has 3 aromatic carbocycles. The number of rotatable bonds is 8. The molecule has 1 aliphatic rings. The molecule has 4 N–H and O–H groups in total. The van der Waals surface area contributed by atoms with Gasteiger partial charge in [-0.05, 0) is 30.7 Å². The Morgan fingerprint density at radius 3 is 2.44 bits per heavy atom. The number of benzene rings is 3. The number of nitrogens with zero attached hydrogens (tertiary/aromatic N) is 3. The third kappa shape index (κ3) is 6.50. The van der Waals surface area contributed by atoms with Crippen molar-refractivity contribution in [2.75, 3.05) is 31.0 Å². The molecule has 0 bridgehead atoms. The van der Waals surface area contributed by atoms with E-state index in [2.05, 4.69) is 19.8 Å². The first-order valence-electron chi connectivity index (χ1n) is 11.0. The standard InChI is InChI=1S/C21H21Cl2N5O8S3/c1-12-3-2-4-14-17(12)18(25-24-13-5-6-15(22)16(11-13)38(23,32)33)19(26-37(30)31)21(20(14)29)39(34,35)27-28-7-9-36-10-8-28/h2-6,11,26-27,29H,7-10H2,1H3,(H,30,31). The van der Waals surface area contributed by atoms with E-state index in [0.717, 1.165) is 6.07 Å². The molecule has 0 radical (unpaired) electrons. The van der Waals surface area contributed by atoms with E-state index in [0.29, 0.717) is 5.56 Å². The normalized spacial score (nSPS) is 16.1. The van der Waals surface area contributed by atoms with E-state index in [1.807, 2.05) is 0 Å². The van der Waals surface area contributed by atoms with Gasteiger partial charge >= 0.3 is 0 Å². The monoisotopic (exact) mass is 637 g/mol. The van der Waals surface area contributed by atoms with Gasteiger partial charge in [-0.1, -0.05) is 29.8 Å². The number of azo groups is 1. The number of anilines is 1. The molecule has 39 heavy (non-hydrogen) atoms. The molecular weight excluding hydrogens is 617 g/mol. The lowest BCUT2D eigenvalue weighted by molar-refractivity contribution is 0.0272. The summed E-state index contributed by atoms with van der Waals surface area (Å²) in [6.07, 6.45) is 0. The van der Waals surface area contributed by atoms with Crippen molar-refractivity contribution in [2.45, 2.75) is 16.7 Å². The Bertz CT molecular complexity index is 1710. The molecule has 0 amide bonds. The lowest BCUT2D eigenvalue weighted by Crippen LogP contribution is -2.48. The molecule has 1 fully saturated rings. The van der Waals surface area contributed by atoms with E-state index < -0.39 is 51.6 Å². The second kappa shape index (κ2) is 11.6. The van der Waals surface area contributed by atoms with Crippen LogP contribution in [0.25, 0.3) is 10.8 Å². The largest absolute Gasteiger partial charge is 0.506 e. The fraction of sp³-hybridized carbons (Fsp3) is 0.238. The number of hydrazine groups is 1. The van der Waals surface area contributed by atoms with Crippen molar-refractivity contribution in [1.29, 1.82) is 0 Å². The van der Waals surface area contributed by atoms with Crippen LogP contribution in [0.2, 0.25) is 5.02 Å². The molecule has 210 valence electrons. The average molecular weight is 639 g/mol. The number of nitrogens with one attached hydrogen (secondary N) is 2. The van der Waals surface area contributed by atoms with Gasteiger partial charge in [0.1, 0.15) is 22.0 Å². The fourth-order valence-corrected chi connectivity index (χ4v) is 7.23. The number of halogens is 2. The Kier molecular flexibility index (Phi) is 8.79. The quantitative estimate of drug-likeness (QED) is 0.161. The summed E-state index contributed by atoms with van der Waals surface area (Å²) in [4.78, 5) is 1.18. The minimum atomic E-state index is -4.56. The highest BCUT2D eigenvalue weighted by molar-refractivity contribution is 8.13. The number of phenols is 1. The number of aryl methyl sites for hydroxylation is 1. The summed E-state index contributed by atoms with van der Waals surface area (Å²) in [5, 5.41) is 20.8. The molecule has 0 aromatic heterocycles. The summed E-state index contributed by atoms with van der Waals surface area (Å²) in [7, 11) is -3.36. The van der Waals surface area contributed by atoms with Crippen LogP contribution in [-0.4, -0.2) is 62.0 Å². The SMILES string of the molecule is Cc1cccc2c(O)c(S(=O)(=O)NN3CCOCC3)c(NS(=O)O)c(N=Nc3ccc(Cl)c(S(=O)(=O)Cl)c3)c12. The minimum absolute atomic E-state index is 0.0275. The number of ether oxygens (including phenoxy) is 1. The highest BCUT2D eigenvalue weighted by atomic mass is 35.7. The maximum Gasteiger partial charge on any atom is 0.262 e. The lowest BCUT2D eigenvalue weighted by Gasteiger charge is -2.27. The van der Waals surface area contributed by atoms with E-state index in [9.17, 15) is 30.7 Å². The van der Waals surface area contributed by atoms with Gasteiger partial charge in [0, 0.05) is 34.5 Å². The molecule has 0 aliphatic carbocycles. The maximum atomic E-state index is 13.5. The van der Waals surface area contributed by atoms with Crippen LogP contribution in [0.4, 0.5) is 17.1 Å². The topological polar surface area (TPSA) is 187 Å².